The average molecular weight is 404 g/mol. The molecule has 4 aromatic rings. The van der Waals surface area contributed by atoms with Crippen molar-refractivity contribution in [2.45, 2.75) is 25.9 Å². The van der Waals surface area contributed by atoms with Gasteiger partial charge in [-0.2, -0.15) is 4.98 Å². The molecule has 0 radical (unpaired) electrons. The van der Waals surface area contributed by atoms with Gasteiger partial charge in [0.2, 0.25) is 11.7 Å². The second kappa shape index (κ2) is 8.97. The number of hydrogen-bond donors (Lipinski definition) is 1. The van der Waals surface area contributed by atoms with Gasteiger partial charge in [0.15, 0.2) is 0 Å². The van der Waals surface area contributed by atoms with Crippen molar-refractivity contribution >= 4 is 10.8 Å². The summed E-state index contributed by atoms with van der Waals surface area (Å²) >= 11 is 0. The van der Waals surface area contributed by atoms with E-state index in [-0.39, 0.29) is 19.1 Å². The van der Waals surface area contributed by atoms with E-state index < -0.39 is 6.10 Å². The third-order valence-corrected chi connectivity index (χ3v) is 4.67. The van der Waals surface area contributed by atoms with Crippen LogP contribution in [0.3, 0.4) is 0 Å². The quantitative estimate of drug-likeness (QED) is 0.453. The minimum Gasteiger partial charge on any atom is -0.491 e. The Morgan fingerprint density at radius 2 is 1.63 bits per heavy atom. The highest BCUT2D eigenvalue weighted by molar-refractivity contribution is 5.98. The van der Waals surface area contributed by atoms with E-state index in [9.17, 15) is 5.11 Å². The molecule has 0 aliphatic carbocycles. The molecule has 0 saturated carbocycles. The molecule has 3 aromatic carbocycles. The fraction of sp³-hybridized carbons (Fsp3) is 0.250. The summed E-state index contributed by atoms with van der Waals surface area (Å²) in [4.78, 5) is 4.55. The predicted molar refractivity (Wildman–Crippen MR) is 115 cm³/mol. The summed E-state index contributed by atoms with van der Waals surface area (Å²) in [7, 11) is 0. The number of fused-ring (bicyclic) bond motifs is 1. The van der Waals surface area contributed by atoms with Crippen molar-refractivity contribution in [1.82, 2.24) is 10.1 Å². The summed E-state index contributed by atoms with van der Waals surface area (Å²) in [6, 6.07) is 21.2. The summed E-state index contributed by atoms with van der Waals surface area (Å²) in [6.07, 6.45) is -0.791. The average Bonchev–Trinajstić information content (AvgIpc) is 3.26. The lowest BCUT2D eigenvalue weighted by molar-refractivity contribution is 0.0629. The van der Waals surface area contributed by atoms with Gasteiger partial charge in [0.1, 0.15) is 30.8 Å². The van der Waals surface area contributed by atoms with Crippen molar-refractivity contribution in [3.8, 4) is 22.9 Å². The maximum Gasteiger partial charge on any atom is 0.229 e. The van der Waals surface area contributed by atoms with Gasteiger partial charge < -0.3 is 19.1 Å². The molecule has 1 atom stereocenters. The van der Waals surface area contributed by atoms with Gasteiger partial charge in [-0.25, -0.2) is 0 Å². The van der Waals surface area contributed by atoms with Crippen LogP contribution in [0.25, 0.3) is 22.2 Å². The Labute approximate surface area is 175 Å². The van der Waals surface area contributed by atoms with E-state index in [2.05, 4.69) is 10.1 Å². The number of rotatable bonds is 8. The van der Waals surface area contributed by atoms with Crippen molar-refractivity contribution in [2.75, 3.05) is 13.2 Å². The first kappa shape index (κ1) is 19.9. The zero-order valence-electron chi connectivity index (χ0n) is 17.0. The smallest absolute Gasteiger partial charge is 0.229 e. The summed E-state index contributed by atoms with van der Waals surface area (Å²) in [6.45, 7) is 4.21. The predicted octanol–water partition coefficient (Wildman–Crippen LogP) is 4.83. The first-order valence-corrected chi connectivity index (χ1v) is 9.96. The monoisotopic (exact) mass is 404 g/mol. The van der Waals surface area contributed by atoms with Gasteiger partial charge in [-0.1, -0.05) is 67.5 Å². The number of hydrogen-bond acceptors (Lipinski definition) is 6. The maximum atomic E-state index is 10.3. The highest BCUT2D eigenvalue weighted by atomic mass is 16.5. The summed E-state index contributed by atoms with van der Waals surface area (Å²) in [5.74, 6) is 2.46. The molecule has 0 aliphatic heterocycles. The normalized spacial score (nSPS) is 12.3. The number of nitrogens with zero attached hydrogens (tertiary/aromatic N) is 2. The van der Waals surface area contributed by atoms with Gasteiger partial charge in [0, 0.05) is 5.92 Å². The Hall–Kier alpha value is -3.38. The fourth-order valence-corrected chi connectivity index (χ4v) is 3.12. The Bertz CT molecular complexity index is 1110. The lowest BCUT2D eigenvalue weighted by Gasteiger charge is -2.16. The number of aliphatic hydroxyl groups is 1. The Morgan fingerprint density at radius 3 is 2.40 bits per heavy atom. The summed E-state index contributed by atoms with van der Waals surface area (Å²) in [5, 5.41) is 16.5. The molecule has 1 unspecified atom stereocenters. The molecule has 0 spiro atoms. The molecule has 4 rings (SSSR count). The van der Waals surface area contributed by atoms with Gasteiger partial charge in [-0.15, -0.1) is 0 Å². The summed E-state index contributed by atoms with van der Waals surface area (Å²) < 4.78 is 17.0. The van der Waals surface area contributed by atoms with E-state index in [1.165, 1.54) is 0 Å². The number of aromatic nitrogens is 2. The number of ether oxygens (including phenoxy) is 2. The molecule has 6 heteroatoms. The van der Waals surface area contributed by atoms with Gasteiger partial charge in [0.05, 0.1) is 5.56 Å². The molecule has 6 nitrogen and oxygen atoms in total. The third kappa shape index (κ3) is 4.44. The molecular formula is C24H24N2O4. The third-order valence-electron chi connectivity index (χ3n) is 4.67. The van der Waals surface area contributed by atoms with Crippen LogP contribution in [0.4, 0.5) is 0 Å². The van der Waals surface area contributed by atoms with E-state index in [4.69, 9.17) is 14.0 Å². The standard InChI is InChI=1S/C24H24N2O4/c1-16(2)24-25-23(26-30-24)22-20-11-7-6-8-17(20)12-13-21(22)29-15-18(27)14-28-19-9-4-3-5-10-19/h3-13,16,18,27H,14-15H2,1-2H3. The van der Waals surface area contributed by atoms with Crippen molar-refractivity contribution in [1.29, 1.82) is 0 Å². The molecule has 1 N–H and O–H groups in total. The molecule has 0 aliphatic rings. The number of aliphatic hydroxyl groups excluding tert-OH is 1. The number of para-hydroxylation sites is 1. The van der Waals surface area contributed by atoms with Gasteiger partial charge in [0.25, 0.3) is 0 Å². The molecule has 154 valence electrons. The Morgan fingerprint density at radius 1 is 0.900 bits per heavy atom. The summed E-state index contributed by atoms with van der Waals surface area (Å²) in [5.41, 5.74) is 0.750. The lowest BCUT2D eigenvalue weighted by atomic mass is 10.0. The van der Waals surface area contributed by atoms with Crippen LogP contribution >= 0.6 is 0 Å². The van der Waals surface area contributed by atoms with Crippen LogP contribution in [0.15, 0.2) is 71.3 Å². The molecule has 0 saturated heterocycles. The Kier molecular flexibility index (Phi) is 5.95. The van der Waals surface area contributed by atoms with Crippen molar-refractivity contribution in [3.05, 3.63) is 72.6 Å². The fourth-order valence-electron chi connectivity index (χ4n) is 3.12. The largest absolute Gasteiger partial charge is 0.491 e. The van der Waals surface area contributed by atoms with Gasteiger partial charge in [-0.05, 0) is 29.0 Å². The maximum absolute atomic E-state index is 10.3. The van der Waals surface area contributed by atoms with Crippen LogP contribution in [0.1, 0.15) is 25.7 Å². The second-order valence-corrected chi connectivity index (χ2v) is 7.36. The first-order chi connectivity index (χ1) is 14.6. The van der Waals surface area contributed by atoms with E-state index >= 15 is 0 Å². The highest BCUT2D eigenvalue weighted by Crippen LogP contribution is 2.36. The minimum atomic E-state index is -0.791. The minimum absolute atomic E-state index is 0.0765. The van der Waals surface area contributed by atoms with Crippen LogP contribution in [0, 0.1) is 0 Å². The first-order valence-electron chi connectivity index (χ1n) is 9.96. The van der Waals surface area contributed by atoms with Crippen molar-refractivity contribution < 1.29 is 19.1 Å². The molecule has 0 amide bonds. The molecular weight excluding hydrogens is 380 g/mol. The van der Waals surface area contributed by atoms with E-state index in [1.807, 2.05) is 80.6 Å². The highest BCUT2D eigenvalue weighted by Gasteiger charge is 2.19. The molecule has 0 fully saturated rings. The molecule has 1 aromatic heterocycles. The lowest BCUT2D eigenvalue weighted by Crippen LogP contribution is -2.25. The van der Waals surface area contributed by atoms with Gasteiger partial charge >= 0.3 is 0 Å². The van der Waals surface area contributed by atoms with E-state index in [0.29, 0.717) is 23.2 Å². The van der Waals surface area contributed by atoms with Crippen LogP contribution in [-0.4, -0.2) is 34.6 Å². The zero-order valence-corrected chi connectivity index (χ0v) is 17.0. The molecule has 30 heavy (non-hydrogen) atoms. The van der Waals surface area contributed by atoms with E-state index in [0.717, 1.165) is 16.3 Å². The molecule has 1 heterocycles. The van der Waals surface area contributed by atoms with Crippen molar-refractivity contribution in [2.24, 2.45) is 0 Å². The van der Waals surface area contributed by atoms with Gasteiger partial charge in [-0.3, -0.25) is 0 Å². The number of benzene rings is 3. The van der Waals surface area contributed by atoms with E-state index in [1.54, 1.807) is 0 Å². The molecule has 0 bridgehead atoms. The van der Waals surface area contributed by atoms with Crippen molar-refractivity contribution in [3.63, 3.8) is 0 Å². The zero-order chi connectivity index (χ0) is 20.9. The second-order valence-electron chi connectivity index (χ2n) is 7.36. The van der Waals surface area contributed by atoms with Crippen LogP contribution < -0.4 is 9.47 Å². The Balaban J connectivity index is 1.55. The van der Waals surface area contributed by atoms with Crippen LogP contribution in [-0.2, 0) is 0 Å². The van der Waals surface area contributed by atoms with Crippen LogP contribution in [0.5, 0.6) is 11.5 Å². The van der Waals surface area contributed by atoms with Crippen LogP contribution in [0.2, 0.25) is 0 Å². The SMILES string of the molecule is CC(C)c1nc(-c2c(OCC(O)COc3ccccc3)ccc3ccccc23)no1. The topological polar surface area (TPSA) is 77.6 Å².